The standard InChI is InChI=1S/C19H23NO/c1-3-7-13(4-2)17-12-18(21)20-19-15-9-6-5-8-14(15)10-11-16(17)19/h3-4,7,10-11,17H,5-6,8-9,12H2,1-2H3,(H,20,21)/b7-3-,13-4+. The number of rotatable bonds is 2. The number of allylic oxidation sites excluding steroid dienone is 4. The van der Waals surface area contributed by atoms with E-state index in [1.165, 1.54) is 35.1 Å². The fourth-order valence-corrected chi connectivity index (χ4v) is 3.67. The topological polar surface area (TPSA) is 29.1 Å². The van der Waals surface area contributed by atoms with E-state index >= 15 is 0 Å². The first-order valence-corrected chi connectivity index (χ1v) is 7.98. The lowest BCUT2D eigenvalue weighted by atomic mass is 9.79. The highest BCUT2D eigenvalue weighted by Gasteiger charge is 2.29. The average Bonchev–Trinajstić information content (AvgIpc) is 2.51. The molecule has 0 bridgehead atoms. The van der Waals surface area contributed by atoms with E-state index in [4.69, 9.17) is 0 Å². The van der Waals surface area contributed by atoms with Crippen molar-refractivity contribution in [2.75, 3.05) is 5.32 Å². The summed E-state index contributed by atoms with van der Waals surface area (Å²) in [6.07, 6.45) is 11.6. The van der Waals surface area contributed by atoms with Gasteiger partial charge in [0, 0.05) is 18.0 Å². The van der Waals surface area contributed by atoms with Crippen LogP contribution in [0.5, 0.6) is 0 Å². The van der Waals surface area contributed by atoms with Crippen molar-refractivity contribution >= 4 is 11.6 Å². The molecule has 0 saturated carbocycles. The summed E-state index contributed by atoms with van der Waals surface area (Å²) in [4.78, 5) is 12.2. The van der Waals surface area contributed by atoms with Crippen molar-refractivity contribution in [3.05, 3.63) is 52.6 Å². The quantitative estimate of drug-likeness (QED) is 0.794. The number of hydrogen-bond acceptors (Lipinski definition) is 1. The lowest BCUT2D eigenvalue weighted by molar-refractivity contribution is -0.116. The van der Waals surface area contributed by atoms with Gasteiger partial charge >= 0.3 is 0 Å². The van der Waals surface area contributed by atoms with Crippen LogP contribution in [0.4, 0.5) is 5.69 Å². The molecule has 1 amide bonds. The van der Waals surface area contributed by atoms with Crippen LogP contribution in [0.3, 0.4) is 0 Å². The fraction of sp³-hybridized carbons (Fsp3) is 0.421. The molecule has 110 valence electrons. The van der Waals surface area contributed by atoms with Gasteiger partial charge < -0.3 is 5.32 Å². The second-order valence-corrected chi connectivity index (χ2v) is 5.97. The highest BCUT2D eigenvalue weighted by Crippen LogP contribution is 2.42. The summed E-state index contributed by atoms with van der Waals surface area (Å²) in [5.41, 5.74) is 6.45. The minimum atomic E-state index is 0.148. The normalized spacial score (nSPS) is 21.9. The zero-order valence-corrected chi connectivity index (χ0v) is 12.9. The predicted octanol–water partition coefficient (Wildman–Crippen LogP) is 4.51. The van der Waals surface area contributed by atoms with Crippen LogP contribution in [0.2, 0.25) is 0 Å². The van der Waals surface area contributed by atoms with Crippen LogP contribution in [0.25, 0.3) is 0 Å². The fourth-order valence-electron chi connectivity index (χ4n) is 3.67. The van der Waals surface area contributed by atoms with Gasteiger partial charge in [0.1, 0.15) is 0 Å². The Labute approximate surface area is 126 Å². The zero-order valence-electron chi connectivity index (χ0n) is 12.9. The average molecular weight is 281 g/mol. The Kier molecular flexibility index (Phi) is 3.96. The van der Waals surface area contributed by atoms with Crippen molar-refractivity contribution in [1.82, 2.24) is 0 Å². The third-order valence-corrected chi connectivity index (χ3v) is 4.69. The van der Waals surface area contributed by atoms with E-state index in [0.717, 1.165) is 18.5 Å². The molecule has 1 aromatic rings. The Balaban J connectivity index is 2.11. The predicted molar refractivity (Wildman–Crippen MR) is 87.6 cm³/mol. The molecule has 1 aliphatic heterocycles. The van der Waals surface area contributed by atoms with Gasteiger partial charge in [0.2, 0.25) is 5.91 Å². The summed E-state index contributed by atoms with van der Waals surface area (Å²) in [7, 11) is 0. The van der Waals surface area contributed by atoms with Crippen LogP contribution in [0, 0.1) is 0 Å². The van der Waals surface area contributed by atoms with Crippen molar-refractivity contribution in [2.24, 2.45) is 0 Å². The number of benzene rings is 1. The molecule has 1 N–H and O–H groups in total. The molecule has 1 aromatic carbocycles. The van der Waals surface area contributed by atoms with Crippen molar-refractivity contribution in [2.45, 2.75) is 51.9 Å². The smallest absolute Gasteiger partial charge is 0.225 e. The molecule has 1 heterocycles. The Bertz CT molecular complexity index is 625. The van der Waals surface area contributed by atoms with Crippen LogP contribution in [0.1, 0.15) is 55.7 Å². The summed E-state index contributed by atoms with van der Waals surface area (Å²) in [6, 6.07) is 4.51. The highest BCUT2D eigenvalue weighted by molar-refractivity contribution is 5.96. The van der Waals surface area contributed by atoms with E-state index in [2.05, 4.69) is 42.6 Å². The molecule has 1 atom stereocenters. The highest BCUT2D eigenvalue weighted by atomic mass is 16.1. The van der Waals surface area contributed by atoms with Crippen molar-refractivity contribution < 1.29 is 4.79 Å². The van der Waals surface area contributed by atoms with Gasteiger partial charge in [-0.2, -0.15) is 0 Å². The summed E-state index contributed by atoms with van der Waals surface area (Å²) in [5, 5.41) is 3.15. The summed E-state index contributed by atoms with van der Waals surface area (Å²) in [5.74, 6) is 0.345. The molecule has 0 saturated heterocycles. The molecule has 1 unspecified atom stereocenters. The maximum absolute atomic E-state index is 12.2. The van der Waals surface area contributed by atoms with E-state index in [1.54, 1.807) is 0 Å². The number of amides is 1. The van der Waals surface area contributed by atoms with Crippen molar-refractivity contribution in [1.29, 1.82) is 0 Å². The van der Waals surface area contributed by atoms with E-state index in [0.29, 0.717) is 6.42 Å². The molecular weight excluding hydrogens is 258 g/mol. The van der Waals surface area contributed by atoms with Gasteiger partial charge in [-0.3, -0.25) is 4.79 Å². The summed E-state index contributed by atoms with van der Waals surface area (Å²) < 4.78 is 0. The van der Waals surface area contributed by atoms with E-state index in [1.807, 2.05) is 6.92 Å². The minimum absolute atomic E-state index is 0.148. The van der Waals surface area contributed by atoms with Gasteiger partial charge in [0.15, 0.2) is 0 Å². The Morgan fingerprint density at radius 3 is 2.81 bits per heavy atom. The van der Waals surface area contributed by atoms with Gasteiger partial charge in [0.05, 0.1) is 0 Å². The largest absolute Gasteiger partial charge is 0.326 e. The third kappa shape index (κ3) is 2.55. The number of nitrogens with one attached hydrogen (secondary N) is 1. The number of anilines is 1. The van der Waals surface area contributed by atoms with Crippen LogP contribution >= 0.6 is 0 Å². The first kappa shape index (κ1) is 14.1. The van der Waals surface area contributed by atoms with E-state index < -0.39 is 0 Å². The molecule has 0 aromatic heterocycles. The maximum atomic E-state index is 12.2. The SMILES string of the molecule is C/C=C\C(=C/C)C1CC(=O)Nc2c1ccc1c2CCCC1. The second kappa shape index (κ2) is 5.88. The Morgan fingerprint density at radius 2 is 2.05 bits per heavy atom. The Hall–Kier alpha value is -1.83. The molecule has 3 rings (SSSR count). The van der Waals surface area contributed by atoms with Gasteiger partial charge in [-0.1, -0.05) is 30.4 Å². The van der Waals surface area contributed by atoms with Gasteiger partial charge in [-0.05, 0) is 61.8 Å². The van der Waals surface area contributed by atoms with E-state index in [-0.39, 0.29) is 11.8 Å². The van der Waals surface area contributed by atoms with Crippen LogP contribution in [-0.4, -0.2) is 5.91 Å². The lowest BCUT2D eigenvalue weighted by Crippen LogP contribution is -2.26. The molecule has 0 radical (unpaired) electrons. The van der Waals surface area contributed by atoms with Crippen molar-refractivity contribution in [3.63, 3.8) is 0 Å². The van der Waals surface area contributed by atoms with Crippen LogP contribution in [0.15, 0.2) is 35.9 Å². The van der Waals surface area contributed by atoms with Crippen molar-refractivity contribution in [3.8, 4) is 0 Å². The van der Waals surface area contributed by atoms with Crippen LogP contribution < -0.4 is 5.32 Å². The number of carbonyl (C=O) groups is 1. The van der Waals surface area contributed by atoms with Crippen LogP contribution in [-0.2, 0) is 17.6 Å². The molecule has 21 heavy (non-hydrogen) atoms. The maximum Gasteiger partial charge on any atom is 0.225 e. The summed E-state index contributed by atoms with van der Waals surface area (Å²) in [6.45, 7) is 4.08. The lowest BCUT2D eigenvalue weighted by Gasteiger charge is -2.31. The molecule has 2 heteroatoms. The van der Waals surface area contributed by atoms with Gasteiger partial charge in [-0.15, -0.1) is 0 Å². The van der Waals surface area contributed by atoms with Gasteiger partial charge in [0.25, 0.3) is 0 Å². The molecule has 2 nitrogen and oxygen atoms in total. The number of aryl methyl sites for hydroxylation is 1. The molecular formula is C19H23NO. The molecule has 0 fully saturated rings. The molecule has 0 spiro atoms. The number of carbonyl (C=O) groups excluding carboxylic acids is 1. The Morgan fingerprint density at radius 1 is 1.24 bits per heavy atom. The summed E-state index contributed by atoms with van der Waals surface area (Å²) >= 11 is 0. The molecule has 2 aliphatic rings. The number of hydrogen-bond donors (Lipinski definition) is 1. The third-order valence-electron chi connectivity index (χ3n) is 4.69. The second-order valence-electron chi connectivity index (χ2n) is 5.97. The first-order chi connectivity index (χ1) is 10.2. The molecule has 1 aliphatic carbocycles. The minimum Gasteiger partial charge on any atom is -0.326 e. The zero-order chi connectivity index (χ0) is 14.8. The number of fused-ring (bicyclic) bond motifs is 3. The van der Waals surface area contributed by atoms with E-state index in [9.17, 15) is 4.79 Å². The first-order valence-electron chi connectivity index (χ1n) is 7.98. The monoisotopic (exact) mass is 281 g/mol. The van der Waals surface area contributed by atoms with Gasteiger partial charge in [-0.25, -0.2) is 0 Å².